The summed E-state index contributed by atoms with van der Waals surface area (Å²) in [5, 5.41) is 0.821. The fourth-order valence-electron chi connectivity index (χ4n) is 5.28. The van der Waals surface area contributed by atoms with E-state index in [1.165, 1.54) is 39.0 Å². The van der Waals surface area contributed by atoms with Crippen LogP contribution in [-0.4, -0.2) is 12.7 Å². The molecule has 0 bridgehead atoms. The van der Waals surface area contributed by atoms with Crippen LogP contribution in [0.1, 0.15) is 59.1 Å². The molecule has 4 aromatic rings. The minimum absolute atomic E-state index is 0.135. The Labute approximate surface area is 238 Å². The van der Waals surface area contributed by atoms with Crippen LogP contribution in [0, 0.1) is 0 Å². The Morgan fingerprint density at radius 3 is 2.08 bits per heavy atom. The lowest BCUT2D eigenvalue weighted by atomic mass is 9.83. The smallest absolute Gasteiger partial charge is 0.0721 e. The van der Waals surface area contributed by atoms with Gasteiger partial charge in [-0.25, -0.2) is 0 Å². The van der Waals surface area contributed by atoms with Gasteiger partial charge in [0.25, 0.3) is 0 Å². The van der Waals surface area contributed by atoms with Gasteiger partial charge in [-0.1, -0.05) is 122 Å². The van der Waals surface area contributed by atoms with Crippen LogP contribution in [0.15, 0.2) is 115 Å². The average molecular weight is 537 g/mol. The first kappa shape index (κ1) is 27.4. The van der Waals surface area contributed by atoms with E-state index in [1.807, 2.05) is 12.1 Å². The van der Waals surface area contributed by atoms with E-state index < -0.39 is 0 Å². The summed E-state index contributed by atoms with van der Waals surface area (Å²) < 4.78 is 12.6. The van der Waals surface area contributed by atoms with Crippen molar-refractivity contribution in [2.45, 2.75) is 57.8 Å². The Kier molecular flexibility index (Phi) is 9.66. The Balaban J connectivity index is 1.32. The molecule has 1 aliphatic carbocycles. The van der Waals surface area contributed by atoms with E-state index in [-0.39, 0.29) is 12.0 Å². The van der Waals surface area contributed by atoms with Crippen LogP contribution in [0.5, 0.6) is 0 Å². The summed E-state index contributed by atoms with van der Waals surface area (Å²) >= 11 is 6.69. The molecule has 2 unspecified atom stereocenters. The van der Waals surface area contributed by atoms with Crippen LogP contribution in [0.2, 0.25) is 5.02 Å². The zero-order valence-electron chi connectivity index (χ0n) is 22.7. The van der Waals surface area contributed by atoms with Crippen LogP contribution < -0.4 is 0 Å². The second-order valence-corrected chi connectivity index (χ2v) is 10.9. The molecule has 0 heterocycles. The fourth-order valence-corrected chi connectivity index (χ4v) is 5.47. The fraction of sp³-hybridized carbons (Fsp3) is 0.278. The van der Waals surface area contributed by atoms with Crippen molar-refractivity contribution < 1.29 is 9.47 Å². The summed E-state index contributed by atoms with van der Waals surface area (Å²) in [4.78, 5) is 0. The van der Waals surface area contributed by atoms with Gasteiger partial charge in [0, 0.05) is 10.9 Å². The molecule has 0 fully saturated rings. The van der Waals surface area contributed by atoms with Crippen LogP contribution >= 0.6 is 11.6 Å². The number of hydrogen-bond acceptors (Lipinski definition) is 2. The van der Waals surface area contributed by atoms with Crippen LogP contribution in [0.4, 0.5) is 0 Å². The Morgan fingerprint density at radius 1 is 0.718 bits per heavy atom. The zero-order valence-corrected chi connectivity index (χ0v) is 23.4. The van der Waals surface area contributed by atoms with Crippen molar-refractivity contribution in [3.8, 4) is 0 Å². The number of hydrogen-bond donors (Lipinski definition) is 0. The summed E-state index contributed by atoms with van der Waals surface area (Å²) in [6, 6.07) is 36.2. The molecule has 3 heteroatoms. The molecule has 200 valence electrons. The van der Waals surface area contributed by atoms with Gasteiger partial charge in [0.2, 0.25) is 0 Å². The van der Waals surface area contributed by atoms with E-state index in [9.17, 15) is 0 Å². The van der Waals surface area contributed by atoms with E-state index in [1.54, 1.807) is 0 Å². The average Bonchev–Trinajstić information content (AvgIpc) is 2.98. The minimum Gasteiger partial charge on any atom is -0.373 e. The Bertz CT molecular complexity index is 1350. The Morgan fingerprint density at radius 2 is 1.38 bits per heavy atom. The van der Waals surface area contributed by atoms with Gasteiger partial charge in [-0.3, -0.25) is 0 Å². The van der Waals surface area contributed by atoms with Gasteiger partial charge in [-0.2, -0.15) is 0 Å². The zero-order chi connectivity index (χ0) is 26.9. The van der Waals surface area contributed by atoms with Crippen molar-refractivity contribution in [3.63, 3.8) is 0 Å². The molecule has 0 aromatic heterocycles. The third kappa shape index (κ3) is 7.92. The first-order valence-electron chi connectivity index (χ1n) is 14.0. The number of aryl methyl sites for hydroxylation is 1. The third-order valence-corrected chi connectivity index (χ3v) is 7.86. The molecular weight excluding hydrogens is 500 g/mol. The van der Waals surface area contributed by atoms with E-state index in [2.05, 4.69) is 104 Å². The molecule has 0 amide bonds. The maximum Gasteiger partial charge on any atom is 0.0721 e. The first-order valence-corrected chi connectivity index (χ1v) is 14.4. The highest BCUT2D eigenvalue weighted by Gasteiger charge is 2.25. The molecule has 0 N–H and O–H groups in total. The van der Waals surface area contributed by atoms with E-state index >= 15 is 0 Å². The quantitative estimate of drug-likeness (QED) is 0.178. The number of halogens is 1. The predicted molar refractivity (Wildman–Crippen MR) is 161 cm³/mol. The molecule has 0 aliphatic heterocycles. The summed E-state index contributed by atoms with van der Waals surface area (Å²) in [6.07, 6.45) is 6.25. The van der Waals surface area contributed by atoms with Crippen molar-refractivity contribution in [3.05, 3.63) is 153 Å². The minimum atomic E-state index is 0.135. The van der Waals surface area contributed by atoms with Gasteiger partial charge in [0.05, 0.1) is 25.9 Å². The van der Waals surface area contributed by atoms with Crippen molar-refractivity contribution >= 4 is 11.6 Å². The molecule has 4 aromatic carbocycles. The van der Waals surface area contributed by atoms with Crippen LogP contribution in [0.3, 0.4) is 0 Å². The van der Waals surface area contributed by atoms with Gasteiger partial charge in [-0.05, 0) is 70.7 Å². The van der Waals surface area contributed by atoms with Gasteiger partial charge in [0.15, 0.2) is 0 Å². The molecule has 1 aliphatic rings. The van der Waals surface area contributed by atoms with Crippen molar-refractivity contribution in [2.24, 2.45) is 0 Å². The maximum absolute atomic E-state index is 6.69. The monoisotopic (exact) mass is 536 g/mol. The largest absolute Gasteiger partial charge is 0.373 e. The van der Waals surface area contributed by atoms with E-state index in [0.717, 1.165) is 30.7 Å². The molecular formula is C36H37ClO2. The summed E-state index contributed by atoms with van der Waals surface area (Å²) in [6.45, 7) is 4.03. The lowest BCUT2D eigenvalue weighted by Gasteiger charge is -2.29. The molecule has 0 radical (unpaired) electrons. The summed E-state index contributed by atoms with van der Waals surface area (Å²) in [5.41, 5.74) is 8.78. The number of allylic oxidation sites excluding steroid dienone is 1. The molecule has 2 nitrogen and oxygen atoms in total. The molecule has 5 rings (SSSR count). The van der Waals surface area contributed by atoms with Crippen LogP contribution in [0.25, 0.3) is 0 Å². The number of benzene rings is 4. The number of ether oxygens (including phenoxy) is 2. The van der Waals surface area contributed by atoms with E-state index in [0.29, 0.717) is 19.8 Å². The van der Waals surface area contributed by atoms with Gasteiger partial charge >= 0.3 is 0 Å². The van der Waals surface area contributed by atoms with Gasteiger partial charge in [-0.15, -0.1) is 0 Å². The second kappa shape index (κ2) is 13.8. The predicted octanol–water partition coefficient (Wildman–Crippen LogP) is 9.10. The second-order valence-electron chi connectivity index (χ2n) is 10.5. The van der Waals surface area contributed by atoms with Crippen molar-refractivity contribution in [2.75, 3.05) is 6.61 Å². The maximum atomic E-state index is 6.69. The summed E-state index contributed by atoms with van der Waals surface area (Å²) in [5.74, 6) is 0.258. The standard InChI is InChI=1S/C36H37ClO2/c1-2-27-13-15-28(16-14-27)19-34-22-32(17-18-36(34)37)33-20-31(25-38-24-29-9-5-3-6-10-29)21-35(23-33)39-26-30-11-7-4-8-12-30/h3-18,20,22,33,35H,2,19,21,23-26H2,1H3. The molecule has 2 atom stereocenters. The molecule has 0 saturated heterocycles. The van der Waals surface area contributed by atoms with Crippen molar-refractivity contribution in [1.82, 2.24) is 0 Å². The normalized spacial score (nSPS) is 17.1. The highest BCUT2D eigenvalue weighted by molar-refractivity contribution is 6.31. The van der Waals surface area contributed by atoms with Gasteiger partial charge < -0.3 is 9.47 Å². The molecule has 39 heavy (non-hydrogen) atoms. The highest BCUT2D eigenvalue weighted by Crippen LogP contribution is 2.35. The molecule has 0 spiro atoms. The lowest BCUT2D eigenvalue weighted by Crippen LogP contribution is -2.23. The van der Waals surface area contributed by atoms with Gasteiger partial charge in [0.1, 0.15) is 0 Å². The SMILES string of the molecule is CCc1ccc(Cc2cc(C3C=C(COCc4ccccc4)CC(OCc4ccccc4)C3)ccc2Cl)cc1. The number of rotatable bonds is 11. The van der Waals surface area contributed by atoms with E-state index in [4.69, 9.17) is 21.1 Å². The lowest BCUT2D eigenvalue weighted by molar-refractivity contribution is 0.0252. The molecule has 0 saturated carbocycles. The Hall–Kier alpha value is -3.17. The topological polar surface area (TPSA) is 18.5 Å². The first-order chi connectivity index (χ1) is 19.2. The summed E-state index contributed by atoms with van der Waals surface area (Å²) in [7, 11) is 0. The van der Waals surface area contributed by atoms with Crippen LogP contribution in [-0.2, 0) is 35.5 Å². The van der Waals surface area contributed by atoms with Crippen molar-refractivity contribution in [1.29, 1.82) is 0 Å². The highest BCUT2D eigenvalue weighted by atomic mass is 35.5. The third-order valence-electron chi connectivity index (χ3n) is 7.49.